The van der Waals surface area contributed by atoms with E-state index in [-0.39, 0.29) is 17.0 Å². The summed E-state index contributed by atoms with van der Waals surface area (Å²) in [5.41, 5.74) is -0.925. The molecule has 3 rings (SSSR count). The van der Waals surface area contributed by atoms with Gasteiger partial charge in [0.25, 0.3) is 0 Å². The van der Waals surface area contributed by atoms with Crippen LogP contribution >= 0.6 is 0 Å². The Morgan fingerprint density at radius 3 is 2.65 bits per heavy atom. The number of aromatic amines is 1. The summed E-state index contributed by atoms with van der Waals surface area (Å²) in [6.45, 7) is 0. The van der Waals surface area contributed by atoms with Crippen molar-refractivity contribution >= 4 is 11.2 Å². The Kier molecular flexibility index (Phi) is 2.66. The van der Waals surface area contributed by atoms with Gasteiger partial charge in [-0.15, -0.1) is 0 Å². The summed E-state index contributed by atoms with van der Waals surface area (Å²) >= 11 is 0. The first-order chi connectivity index (χ1) is 9.47. The molecule has 102 valence electrons. The molecule has 0 unspecified atom stereocenters. The lowest BCUT2D eigenvalue weighted by molar-refractivity contribution is -0.139. The number of halogens is 4. The van der Waals surface area contributed by atoms with E-state index in [4.69, 9.17) is 0 Å². The molecule has 0 atom stereocenters. The monoisotopic (exact) mass is 282 g/mol. The van der Waals surface area contributed by atoms with Gasteiger partial charge in [0.15, 0.2) is 5.65 Å². The van der Waals surface area contributed by atoms with Gasteiger partial charge in [0.05, 0.1) is 17.3 Å². The number of H-pyrrole nitrogens is 1. The number of nitrogens with zero attached hydrogens (tertiary/aromatic N) is 3. The number of hydrogen-bond donors (Lipinski definition) is 1. The van der Waals surface area contributed by atoms with Gasteiger partial charge >= 0.3 is 6.18 Å². The molecule has 1 N–H and O–H groups in total. The van der Waals surface area contributed by atoms with Crippen molar-refractivity contribution in [2.45, 2.75) is 6.18 Å². The van der Waals surface area contributed by atoms with Crippen LogP contribution in [0.3, 0.4) is 0 Å². The van der Waals surface area contributed by atoms with Gasteiger partial charge in [-0.1, -0.05) is 6.07 Å². The fraction of sp³-hybridized carbons (Fsp3) is 0.0833. The molecule has 0 aliphatic rings. The zero-order valence-corrected chi connectivity index (χ0v) is 9.74. The number of aromatic nitrogens is 4. The highest BCUT2D eigenvalue weighted by Crippen LogP contribution is 2.34. The number of benzene rings is 1. The molecular weight excluding hydrogens is 276 g/mol. The number of imidazole rings is 1. The Morgan fingerprint density at radius 2 is 1.95 bits per heavy atom. The maximum Gasteiger partial charge on any atom is 0.419 e. The van der Waals surface area contributed by atoms with Gasteiger partial charge in [-0.3, -0.25) is 0 Å². The minimum absolute atomic E-state index is 0.0240. The van der Waals surface area contributed by atoms with Crippen LogP contribution < -0.4 is 0 Å². The van der Waals surface area contributed by atoms with Crippen LogP contribution in [0.25, 0.3) is 22.6 Å². The van der Waals surface area contributed by atoms with Crippen LogP contribution in [0.1, 0.15) is 5.56 Å². The summed E-state index contributed by atoms with van der Waals surface area (Å²) in [6.07, 6.45) is -2.11. The molecule has 0 bridgehead atoms. The molecule has 2 heterocycles. The van der Waals surface area contributed by atoms with E-state index in [1.807, 2.05) is 0 Å². The molecule has 0 amide bonds. The second-order valence-corrected chi connectivity index (χ2v) is 4.01. The number of hydrogen-bond acceptors (Lipinski definition) is 3. The standard InChI is InChI=1S/C12H6F4N4/c13-9-6(2-1-3-7(9)12(14,15)16)10-19-8-4-17-5-18-11(8)20-10/h1-5H,(H,17,18,19,20). The predicted octanol–water partition coefficient (Wildman–Crippen LogP) is 3.18. The van der Waals surface area contributed by atoms with Crippen molar-refractivity contribution < 1.29 is 17.6 Å². The zero-order chi connectivity index (χ0) is 14.3. The number of rotatable bonds is 1. The van der Waals surface area contributed by atoms with E-state index < -0.39 is 17.6 Å². The summed E-state index contributed by atoms with van der Waals surface area (Å²) in [7, 11) is 0. The van der Waals surface area contributed by atoms with Crippen LogP contribution in [-0.2, 0) is 6.18 Å². The van der Waals surface area contributed by atoms with Crippen LogP contribution in [0.5, 0.6) is 0 Å². The highest BCUT2D eigenvalue weighted by atomic mass is 19.4. The van der Waals surface area contributed by atoms with Gasteiger partial charge in [0, 0.05) is 0 Å². The first-order valence-corrected chi connectivity index (χ1v) is 5.48. The molecule has 20 heavy (non-hydrogen) atoms. The van der Waals surface area contributed by atoms with Crippen molar-refractivity contribution in [3.8, 4) is 11.4 Å². The molecule has 1 aromatic carbocycles. The Bertz CT molecular complexity index is 745. The number of alkyl halides is 3. The first kappa shape index (κ1) is 12.5. The largest absolute Gasteiger partial charge is 0.419 e. The molecule has 0 spiro atoms. The Hall–Kier alpha value is -2.51. The van der Waals surface area contributed by atoms with E-state index in [0.717, 1.165) is 6.07 Å². The summed E-state index contributed by atoms with van der Waals surface area (Å²) < 4.78 is 51.9. The minimum Gasteiger partial charge on any atom is -0.335 e. The van der Waals surface area contributed by atoms with Crippen molar-refractivity contribution in [3.63, 3.8) is 0 Å². The molecular formula is C12H6F4N4. The van der Waals surface area contributed by atoms with Gasteiger partial charge in [-0.25, -0.2) is 19.3 Å². The van der Waals surface area contributed by atoms with Crippen LogP contribution in [0.15, 0.2) is 30.7 Å². The van der Waals surface area contributed by atoms with E-state index in [1.165, 1.54) is 18.6 Å². The van der Waals surface area contributed by atoms with Crippen molar-refractivity contribution in [1.82, 2.24) is 19.9 Å². The third-order valence-corrected chi connectivity index (χ3v) is 2.72. The number of fused-ring (bicyclic) bond motifs is 1. The van der Waals surface area contributed by atoms with Crippen LogP contribution in [0.2, 0.25) is 0 Å². The second-order valence-electron chi connectivity index (χ2n) is 4.01. The van der Waals surface area contributed by atoms with Crippen LogP contribution in [-0.4, -0.2) is 19.9 Å². The lowest BCUT2D eigenvalue weighted by atomic mass is 10.1. The van der Waals surface area contributed by atoms with Gasteiger partial charge in [0.2, 0.25) is 0 Å². The van der Waals surface area contributed by atoms with Gasteiger partial charge < -0.3 is 4.98 Å². The quantitative estimate of drug-likeness (QED) is 0.697. The molecule has 3 aromatic rings. The number of nitrogens with one attached hydrogen (secondary N) is 1. The zero-order valence-electron chi connectivity index (χ0n) is 9.74. The molecule has 2 aromatic heterocycles. The fourth-order valence-corrected chi connectivity index (χ4v) is 1.82. The van der Waals surface area contributed by atoms with Crippen molar-refractivity contribution in [2.24, 2.45) is 0 Å². The molecule has 0 fully saturated rings. The molecule has 0 saturated heterocycles. The summed E-state index contributed by atoms with van der Waals surface area (Å²) in [5.74, 6) is -1.39. The van der Waals surface area contributed by atoms with Crippen LogP contribution in [0.4, 0.5) is 17.6 Å². The predicted molar refractivity (Wildman–Crippen MR) is 62.1 cm³/mol. The summed E-state index contributed by atoms with van der Waals surface area (Å²) in [5, 5.41) is 0. The fourth-order valence-electron chi connectivity index (χ4n) is 1.82. The van der Waals surface area contributed by atoms with E-state index in [9.17, 15) is 17.6 Å². The highest BCUT2D eigenvalue weighted by Gasteiger charge is 2.35. The van der Waals surface area contributed by atoms with Crippen molar-refractivity contribution in [2.75, 3.05) is 0 Å². The maximum absolute atomic E-state index is 14.0. The molecule has 0 saturated carbocycles. The molecule has 0 aliphatic carbocycles. The lowest BCUT2D eigenvalue weighted by Gasteiger charge is -2.09. The minimum atomic E-state index is -4.76. The first-order valence-electron chi connectivity index (χ1n) is 5.48. The SMILES string of the molecule is Fc1c(-c2nc3ncncc3[nH]2)cccc1C(F)(F)F. The average molecular weight is 282 g/mol. The summed E-state index contributed by atoms with van der Waals surface area (Å²) in [6, 6.07) is 3.02. The van der Waals surface area contributed by atoms with Crippen molar-refractivity contribution in [3.05, 3.63) is 42.1 Å². The molecule has 4 nitrogen and oxygen atoms in total. The third kappa shape index (κ3) is 1.98. The maximum atomic E-state index is 14.0. The summed E-state index contributed by atoms with van der Waals surface area (Å²) in [4.78, 5) is 14.2. The van der Waals surface area contributed by atoms with Gasteiger partial charge in [-0.2, -0.15) is 13.2 Å². The average Bonchev–Trinajstić information content (AvgIpc) is 2.81. The normalized spacial score (nSPS) is 12.0. The van der Waals surface area contributed by atoms with Gasteiger partial charge in [0.1, 0.15) is 23.5 Å². The van der Waals surface area contributed by atoms with Crippen LogP contribution in [0, 0.1) is 5.82 Å². The van der Waals surface area contributed by atoms with E-state index in [0.29, 0.717) is 11.6 Å². The molecule has 8 heteroatoms. The topological polar surface area (TPSA) is 54.5 Å². The van der Waals surface area contributed by atoms with Gasteiger partial charge in [-0.05, 0) is 12.1 Å². The second kappa shape index (κ2) is 4.26. The lowest BCUT2D eigenvalue weighted by Crippen LogP contribution is -2.08. The smallest absolute Gasteiger partial charge is 0.335 e. The Morgan fingerprint density at radius 1 is 1.15 bits per heavy atom. The van der Waals surface area contributed by atoms with E-state index in [2.05, 4.69) is 19.9 Å². The molecule has 0 aliphatic heterocycles. The van der Waals surface area contributed by atoms with Crippen molar-refractivity contribution in [1.29, 1.82) is 0 Å². The Labute approximate surface area is 109 Å². The highest BCUT2D eigenvalue weighted by molar-refractivity contribution is 5.75. The Balaban J connectivity index is 2.19. The third-order valence-electron chi connectivity index (χ3n) is 2.72. The van der Waals surface area contributed by atoms with E-state index in [1.54, 1.807) is 0 Å². The molecule has 0 radical (unpaired) electrons. The van der Waals surface area contributed by atoms with E-state index >= 15 is 0 Å².